The normalized spacial score (nSPS) is 12.4. The Bertz CT molecular complexity index is 634. The molecule has 2 rings (SSSR count). The van der Waals surface area contributed by atoms with Crippen molar-refractivity contribution in [3.63, 3.8) is 0 Å². The summed E-state index contributed by atoms with van der Waals surface area (Å²) in [6, 6.07) is 8.59. The van der Waals surface area contributed by atoms with Gasteiger partial charge >= 0.3 is 0 Å². The van der Waals surface area contributed by atoms with E-state index in [0.29, 0.717) is 12.2 Å². The third kappa shape index (κ3) is 4.88. The van der Waals surface area contributed by atoms with Crippen LogP contribution >= 0.6 is 11.3 Å². The fourth-order valence-electron chi connectivity index (χ4n) is 2.41. The number of hydrogen-bond acceptors (Lipinski definition) is 4. The SMILES string of the molecule is CCCc1nc(C(=O)NC[C@@H](c2ccc(C)cc2)N(C)C)cs1. The van der Waals surface area contributed by atoms with Gasteiger partial charge in [0.1, 0.15) is 5.69 Å². The molecule has 0 aliphatic carbocycles. The third-order valence-corrected chi connectivity index (χ3v) is 4.70. The Morgan fingerprint density at radius 1 is 1.30 bits per heavy atom. The van der Waals surface area contributed by atoms with Crippen molar-refractivity contribution in [1.82, 2.24) is 15.2 Å². The molecular weight excluding hydrogens is 306 g/mol. The predicted octanol–water partition coefficient (Wildman–Crippen LogP) is 3.44. The second-order valence-corrected chi connectivity index (χ2v) is 6.92. The Kier molecular flexibility index (Phi) is 6.30. The van der Waals surface area contributed by atoms with Gasteiger partial charge in [-0.15, -0.1) is 11.3 Å². The minimum atomic E-state index is -0.0948. The van der Waals surface area contributed by atoms with E-state index in [1.807, 2.05) is 19.5 Å². The number of likely N-dealkylation sites (N-methyl/N-ethyl adjacent to an activating group) is 1. The zero-order chi connectivity index (χ0) is 16.8. The van der Waals surface area contributed by atoms with Gasteiger partial charge in [0.2, 0.25) is 0 Å². The van der Waals surface area contributed by atoms with Crippen molar-refractivity contribution in [1.29, 1.82) is 0 Å². The van der Waals surface area contributed by atoms with Crippen LogP contribution in [-0.2, 0) is 6.42 Å². The Balaban J connectivity index is 2.00. The van der Waals surface area contributed by atoms with E-state index in [-0.39, 0.29) is 11.9 Å². The number of hydrogen-bond donors (Lipinski definition) is 1. The molecule has 0 aliphatic heterocycles. The molecule has 0 bridgehead atoms. The van der Waals surface area contributed by atoms with Crippen LogP contribution in [0.15, 0.2) is 29.6 Å². The molecule has 1 aromatic carbocycles. The minimum absolute atomic E-state index is 0.0948. The molecule has 2 aromatic rings. The zero-order valence-electron chi connectivity index (χ0n) is 14.3. The second kappa shape index (κ2) is 8.22. The molecule has 0 aliphatic rings. The fourth-order valence-corrected chi connectivity index (χ4v) is 3.29. The maximum Gasteiger partial charge on any atom is 0.270 e. The predicted molar refractivity (Wildman–Crippen MR) is 96.0 cm³/mol. The fraction of sp³-hybridized carbons (Fsp3) is 0.444. The molecule has 124 valence electrons. The van der Waals surface area contributed by atoms with E-state index in [1.165, 1.54) is 11.1 Å². The van der Waals surface area contributed by atoms with E-state index in [0.717, 1.165) is 17.8 Å². The van der Waals surface area contributed by atoms with Gasteiger partial charge in [0.25, 0.3) is 5.91 Å². The molecule has 1 heterocycles. The first-order valence-electron chi connectivity index (χ1n) is 7.96. The van der Waals surface area contributed by atoms with Crippen LogP contribution < -0.4 is 5.32 Å². The smallest absolute Gasteiger partial charge is 0.270 e. The lowest BCUT2D eigenvalue weighted by molar-refractivity contribution is 0.0937. The molecule has 1 N–H and O–H groups in total. The number of amides is 1. The number of aryl methyl sites for hydroxylation is 2. The molecule has 0 saturated heterocycles. The topological polar surface area (TPSA) is 45.2 Å². The zero-order valence-corrected chi connectivity index (χ0v) is 15.1. The molecule has 23 heavy (non-hydrogen) atoms. The Morgan fingerprint density at radius 3 is 2.61 bits per heavy atom. The van der Waals surface area contributed by atoms with Gasteiger partial charge in [-0.05, 0) is 39.4 Å². The highest BCUT2D eigenvalue weighted by atomic mass is 32.1. The lowest BCUT2D eigenvalue weighted by Crippen LogP contribution is -2.34. The van der Waals surface area contributed by atoms with Crippen LogP contribution in [0.25, 0.3) is 0 Å². The number of nitrogens with one attached hydrogen (secondary N) is 1. The summed E-state index contributed by atoms with van der Waals surface area (Å²) < 4.78 is 0. The highest BCUT2D eigenvalue weighted by Crippen LogP contribution is 2.18. The van der Waals surface area contributed by atoms with Gasteiger partial charge in [-0.3, -0.25) is 4.79 Å². The summed E-state index contributed by atoms with van der Waals surface area (Å²) in [7, 11) is 4.05. The molecule has 1 atom stereocenters. The Hall–Kier alpha value is -1.72. The van der Waals surface area contributed by atoms with Crippen LogP contribution in [0.4, 0.5) is 0 Å². The largest absolute Gasteiger partial charge is 0.349 e. The van der Waals surface area contributed by atoms with Crippen LogP contribution in [0.1, 0.15) is 46.0 Å². The van der Waals surface area contributed by atoms with Crippen LogP contribution in [0.3, 0.4) is 0 Å². The maximum absolute atomic E-state index is 12.3. The van der Waals surface area contributed by atoms with E-state index in [4.69, 9.17) is 0 Å². The first kappa shape index (κ1) is 17.6. The molecule has 1 aromatic heterocycles. The van der Waals surface area contributed by atoms with Crippen LogP contribution in [0.5, 0.6) is 0 Å². The number of thiazole rings is 1. The first-order valence-corrected chi connectivity index (χ1v) is 8.84. The van der Waals surface area contributed by atoms with Gasteiger partial charge in [0.15, 0.2) is 0 Å². The lowest BCUT2D eigenvalue weighted by Gasteiger charge is -2.25. The van der Waals surface area contributed by atoms with Gasteiger partial charge in [0.05, 0.1) is 11.0 Å². The number of benzene rings is 1. The van der Waals surface area contributed by atoms with Crippen LogP contribution in [0.2, 0.25) is 0 Å². The van der Waals surface area contributed by atoms with E-state index in [2.05, 4.69) is 53.3 Å². The standard InChI is InChI=1S/C18H25N3OS/c1-5-6-17-20-15(12-23-17)18(22)19-11-16(21(3)4)14-9-7-13(2)8-10-14/h7-10,12,16H,5-6,11H2,1-4H3,(H,19,22)/t16-/m0/s1. The van der Waals surface area contributed by atoms with Gasteiger partial charge in [-0.1, -0.05) is 36.8 Å². The Morgan fingerprint density at radius 2 is 2.00 bits per heavy atom. The molecule has 5 heteroatoms. The second-order valence-electron chi connectivity index (χ2n) is 5.98. The molecule has 0 saturated carbocycles. The van der Waals surface area contributed by atoms with Crippen molar-refractivity contribution < 1.29 is 4.79 Å². The molecule has 0 radical (unpaired) electrons. The van der Waals surface area contributed by atoms with E-state index < -0.39 is 0 Å². The van der Waals surface area contributed by atoms with Crippen molar-refractivity contribution in [2.24, 2.45) is 0 Å². The van der Waals surface area contributed by atoms with Gasteiger partial charge in [-0.25, -0.2) is 4.98 Å². The van der Waals surface area contributed by atoms with Crippen molar-refractivity contribution in [3.05, 3.63) is 51.5 Å². The summed E-state index contributed by atoms with van der Waals surface area (Å²) in [5.41, 5.74) is 2.96. The summed E-state index contributed by atoms with van der Waals surface area (Å²) >= 11 is 1.56. The van der Waals surface area contributed by atoms with Gasteiger partial charge in [0, 0.05) is 11.9 Å². The molecule has 0 fully saturated rings. The van der Waals surface area contributed by atoms with Gasteiger partial charge < -0.3 is 10.2 Å². The van der Waals surface area contributed by atoms with Crippen molar-refractivity contribution in [2.75, 3.05) is 20.6 Å². The highest BCUT2D eigenvalue weighted by Gasteiger charge is 2.17. The average molecular weight is 331 g/mol. The van der Waals surface area contributed by atoms with E-state index in [1.54, 1.807) is 11.3 Å². The quantitative estimate of drug-likeness (QED) is 0.845. The average Bonchev–Trinajstić information content (AvgIpc) is 2.98. The van der Waals surface area contributed by atoms with Gasteiger partial charge in [-0.2, -0.15) is 0 Å². The number of carbonyl (C=O) groups is 1. The highest BCUT2D eigenvalue weighted by molar-refractivity contribution is 7.09. The minimum Gasteiger partial charge on any atom is -0.349 e. The van der Waals surface area contributed by atoms with Crippen molar-refractivity contribution >= 4 is 17.2 Å². The van der Waals surface area contributed by atoms with E-state index >= 15 is 0 Å². The van der Waals surface area contributed by atoms with Crippen LogP contribution in [0, 0.1) is 6.92 Å². The van der Waals surface area contributed by atoms with Crippen molar-refractivity contribution in [3.8, 4) is 0 Å². The summed E-state index contributed by atoms with van der Waals surface area (Å²) in [5.74, 6) is -0.0948. The molecule has 4 nitrogen and oxygen atoms in total. The lowest BCUT2D eigenvalue weighted by atomic mass is 10.0. The Labute approximate surface area is 142 Å². The molecule has 0 unspecified atom stereocenters. The third-order valence-electron chi connectivity index (χ3n) is 3.79. The number of carbonyl (C=O) groups excluding carboxylic acids is 1. The number of rotatable bonds is 7. The molecule has 0 spiro atoms. The summed E-state index contributed by atoms with van der Waals surface area (Å²) in [6.45, 7) is 4.76. The maximum atomic E-state index is 12.3. The van der Waals surface area contributed by atoms with Crippen LogP contribution in [-0.4, -0.2) is 36.4 Å². The summed E-state index contributed by atoms with van der Waals surface area (Å²) in [5, 5.41) is 5.88. The molecule has 1 amide bonds. The monoisotopic (exact) mass is 331 g/mol. The first-order chi connectivity index (χ1) is 11.0. The molecular formula is C18H25N3OS. The number of aromatic nitrogens is 1. The summed E-state index contributed by atoms with van der Waals surface area (Å²) in [4.78, 5) is 18.8. The van der Waals surface area contributed by atoms with E-state index in [9.17, 15) is 4.79 Å². The van der Waals surface area contributed by atoms with Crippen molar-refractivity contribution in [2.45, 2.75) is 32.7 Å². The summed E-state index contributed by atoms with van der Waals surface area (Å²) in [6.07, 6.45) is 1.98. The number of nitrogens with zero attached hydrogens (tertiary/aromatic N) is 2.